The third kappa shape index (κ3) is 21.9. The fourth-order valence-electron chi connectivity index (χ4n) is 0.791. The van der Waals surface area contributed by atoms with E-state index in [2.05, 4.69) is 19.7 Å². The average molecular weight is 452 g/mol. The molecule has 0 aromatic rings. The molecule has 0 amide bonds. The molecule has 0 aliphatic heterocycles. The molecule has 11 nitrogen and oxygen atoms in total. The molecule has 182 valence electrons. The van der Waals surface area contributed by atoms with Gasteiger partial charge in [-0.3, -0.25) is 0 Å². The number of carbonyl (C=O) groups is 3. The van der Waals surface area contributed by atoms with Crippen molar-refractivity contribution < 1.29 is 54.9 Å². The van der Waals surface area contributed by atoms with Gasteiger partial charge in [-0.25, -0.2) is 14.4 Å². The number of carboxylic acids is 3. The Balaban J connectivity index is -0.000000171. The van der Waals surface area contributed by atoms with Crippen LogP contribution in [0.1, 0.15) is 34.1 Å². The van der Waals surface area contributed by atoms with Crippen LogP contribution in [0.3, 0.4) is 0 Å². The summed E-state index contributed by atoms with van der Waals surface area (Å²) in [5.74, 6) is -2.81. The van der Waals surface area contributed by atoms with Crippen LogP contribution in [0.25, 0.3) is 0 Å². The summed E-state index contributed by atoms with van der Waals surface area (Å²) in [7, 11) is 0. The van der Waals surface area contributed by atoms with E-state index in [0.29, 0.717) is 6.61 Å². The van der Waals surface area contributed by atoms with Gasteiger partial charge in [0.1, 0.15) is 0 Å². The molecule has 1 atom stereocenters. The number of carboxylic acid groups (broad SMARTS) is 3. The molecule has 0 bridgehead atoms. The van der Waals surface area contributed by atoms with Gasteiger partial charge in [0.15, 0.2) is 6.29 Å². The van der Waals surface area contributed by atoms with Gasteiger partial charge in [0.25, 0.3) is 0 Å². The van der Waals surface area contributed by atoms with Crippen LogP contribution in [0.15, 0.2) is 36.5 Å². The van der Waals surface area contributed by atoms with Gasteiger partial charge in [0.05, 0.1) is 25.2 Å². The predicted molar refractivity (Wildman–Crippen MR) is 113 cm³/mol. The maximum absolute atomic E-state index is 9.60. The summed E-state index contributed by atoms with van der Waals surface area (Å²) in [6, 6.07) is 0. The van der Waals surface area contributed by atoms with Crippen molar-refractivity contribution in [3.63, 3.8) is 0 Å². The smallest absolute Gasteiger partial charge is 0.330 e. The summed E-state index contributed by atoms with van der Waals surface area (Å²) < 4.78 is 4.90. The van der Waals surface area contributed by atoms with Crippen molar-refractivity contribution in [1.29, 1.82) is 0 Å². The van der Waals surface area contributed by atoms with Crippen molar-refractivity contribution in [2.45, 2.75) is 40.4 Å². The Bertz CT molecular complexity index is 476. The van der Waals surface area contributed by atoms with Crippen molar-refractivity contribution in [3.8, 4) is 0 Å². The summed E-state index contributed by atoms with van der Waals surface area (Å²) in [6.07, 6.45) is -0.623. The van der Waals surface area contributed by atoms with E-state index in [1.807, 2.05) is 6.92 Å². The first-order chi connectivity index (χ1) is 14.1. The number of aliphatic hydroxyl groups is 4. The third-order valence-electron chi connectivity index (χ3n) is 3.04. The van der Waals surface area contributed by atoms with E-state index < -0.39 is 49.4 Å². The first kappa shape index (κ1) is 35.8. The first-order valence-corrected chi connectivity index (χ1v) is 8.88. The lowest BCUT2D eigenvalue weighted by Gasteiger charge is -2.32. The highest BCUT2D eigenvalue weighted by Gasteiger charge is 2.37. The highest BCUT2D eigenvalue weighted by molar-refractivity contribution is 5.85. The summed E-state index contributed by atoms with van der Waals surface area (Å²) in [5, 5.41) is 59.7. The molecule has 1 unspecified atom stereocenters. The Morgan fingerprint density at radius 3 is 1.13 bits per heavy atom. The van der Waals surface area contributed by atoms with Crippen molar-refractivity contribution in [1.82, 2.24) is 0 Å². The Kier molecular flexibility index (Phi) is 23.9. The minimum atomic E-state index is -1.37. The molecule has 0 heterocycles. The van der Waals surface area contributed by atoms with Crippen molar-refractivity contribution in [3.05, 3.63) is 36.5 Å². The molecular formula is C20H36O11. The molecule has 11 heteroatoms. The zero-order chi connectivity index (χ0) is 25.8. The Hall–Kier alpha value is -2.57. The van der Waals surface area contributed by atoms with E-state index in [1.165, 1.54) is 20.8 Å². The van der Waals surface area contributed by atoms with Crippen LogP contribution in [0.5, 0.6) is 0 Å². The molecule has 0 aliphatic carbocycles. The normalized spacial score (nSPS) is 10.5. The SMILES string of the molecule is C=C(C)C(=O)O.C=C(C)C(=O)O.C=C(C)C(=O)O.CCCOC(O)C(CO)(CO)CO. The zero-order valence-corrected chi connectivity index (χ0v) is 18.5. The summed E-state index contributed by atoms with van der Waals surface area (Å²) >= 11 is 0. The molecule has 0 radical (unpaired) electrons. The van der Waals surface area contributed by atoms with Gasteiger partial charge in [-0.15, -0.1) is 0 Å². The van der Waals surface area contributed by atoms with Crippen molar-refractivity contribution in [2.75, 3.05) is 26.4 Å². The van der Waals surface area contributed by atoms with Gasteiger partial charge in [-0.1, -0.05) is 26.7 Å². The van der Waals surface area contributed by atoms with E-state index >= 15 is 0 Å². The second kappa shape index (κ2) is 20.7. The Labute approximate surface area is 182 Å². The van der Waals surface area contributed by atoms with E-state index in [9.17, 15) is 19.5 Å². The quantitative estimate of drug-likeness (QED) is 0.181. The van der Waals surface area contributed by atoms with Crippen LogP contribution in [0.2, 0.25) is 0 Å². The second-order valence-electron chi connectivity index (χ2n) is 6.32. The number of aliphatic hydroxyl groups excluding tert-OH is 4. The summed E-state index contributed by atoms with van der Waals surface area (Å²) in [5.41, 5.74) is -0.838. The van der Waals surface area contributed by atoms with Gasteiger partial charge in [0, 0.05) is 23.3 Å². The molecular weight excluding hydrogens is 416 g/mol. The van der Waals surface area contributed by atoms with Crippen LogP contribution in [0.4, 0.5) is 0 Å². The van der Waals surface area contributed by atoms with Crippen LogP contribution < -0.4 is 0 Å². The van der Waals surface area contributed by atoms with Gasteiger partial charge in [-0.2, -0.15) is 0 Å². The van der Waals surface area contributed by atoms with E-state index in [0.717, 1.165) is 6.42 Å². The molecule has 7 N–H and O–H groups in total. The average Bonchev–Trinajstić information content (AvgIpc) is 2.69. The number of rotatable bonds is 10. The van der Waals surface area contributed by atoms with E-state index in [-0.39, 0.29) is 16.7 Å². The number of ether oxygens (including phenoxy) is 1. The maximum Gasteiger partial charge on any atom is 0.330 e. The topological polar surface area (TPSA) is 202 Å². The van der Waals surface area contributed by atoms with Crippen LogP contribution >= 0.6 is 0 Å². The van der Waals surface area contributed by atoms with Crippen LogP contribution in [-0.4, -0.2) is 86.4 Å². The van der Waals surface area contributed by atoms with Gasteiger partial charge >= 0.3 is 17.9 Å². The minimum Gasteiger partial charge on any atom is -0.478 e. The van der Waals surface area contributed by atoms with E-state index in [4.69, 9.17) is 35.4 Å². The lowest BCUT2D eigenvalue weighted by atomic mass is 9.90. The summed E-state index contributed by atoms with van der Waals surface area (Å²) in [4.78, 5) is 28.8. The predicted octanol–water partition coefficient (Wildman–Crippen LogP) is 0.636. The molecule has 0 spiro atoms. The number of hydrogen-bond acceptors (Lipinski definition) is 8. The molecule has 0 aromatic heterocycles. The standard InChI is InChI=1S/C8H18O5.3C4H6O2/c1-2-3-13-7(12)8(4-9,5-10)6-11;3*1-3(2)4(5)6/h7,9-12H,2-6H2,1H3;3*1H2,2H3,(H,5,6). The second-order valence-corrected chi connectivity index (χ2v) is 6.32. The fourth-order valence-corrected chi connectivity index (χ4v) is 0.791. The number of aliphatic carboxylic acids is 3. The lowest BCUT2D eigenvalue weighted by Crippen LogP contribution is -2.46. The molecule has 0 aromatic carbocycles. The third-order valence-corrected chi connectivity index (χ3v) is 3.04. The fraction of sp³-hybridized carbons (Fsp3) is 0.550. The summed E-state index contributed by atoms with van der Waals surface area (Å²) in [6.45, 7) is 14.4. The Morgan fingerprint density at radius 2 is 1.00 bits per heavy atom. The molecule has 0 saturated carbocycles. The highest BCUT2D eigenvalue weighted by atomic mass is 16.6. The highest BCUT2D eigenvalue weighted by Crippen LogP contribution is 2.21. The molecule has 0 fully saturated rings. The lowest BCUT2D eigenvalue weighted by molar-refractivity contribution is -0.211. The zero-order valence-electron chi connectivity index (χ0n) is 18.5. The molecule has 0 aliphatic rings. The van der Waals surface area contributed by atoms with E-state index in [1.54, 1.807) is 0 Å². The Morgan fingerprint density at radius 1 is 0.774 bits per heavy atom. The monoisotopic (exact) mass is 452 g/mol. The maximum atomic E-state index is 9.60. The van der Waals surface area contributed by atoms with Gasteiger partial charge < -0.3 is 40.5 Å². The van der Waals surface area contributed by atoms with Gasteiger partial charge in [0.2, 0.25) is 0 Å². The van der Waals surface area contributed by atoms with Crippen molar-refractivity contribution in [2.24, 2.45) is 5.41 Å². The first-order valence-electron chi connectivity index (χ1n) is 8.88. The largest absolute Gasteiger partial charge is 0.478 e. The van der Waals surface area contributed by atoms with Gasteiger partial charge in [-0.05, 0) is 27.2 Å². The molecule has 0 rings (SSSR count). The number of hydrogen-bond donors (Lipinski definition) is 7. The van der Waals surface area contributed by atoms with Crippen LogP contribution in [-0.2, 0) is 19.1 Å². The minimum absolute atomic E-state index is 0.176. The van der Waals surface area contributed by atoms with Crippen molar-refractivity contribution >= 4 is 17.9 Å². The molecule has 0 saturated heterocycles. The van der Waals surface area contributed by atoms with Crippen LogP contribution in [0, 0.1) is 5.41 Å². The molecule has 31 heavy (non-hydrogen) atoms.